The van der Waals surface area contributed by atoms with Crippen molar-refractivity contribution in [2.24, 2.45) is 11.8 Å². The number of amides is 1. The Balaban J connectivity index is 2.22. The molecule has 0 unspecified atom stereocenters. The number of hydrogen-bond acceptors (Lipinski definition) is 4. The van der Waals surface area contributed by atoms with E-state index in [4.69, 9.17) is 0 Å². The number of unbranched alkanes of at least 4 members (excludes halogenated alkanes) is 1. The van der Waals surface area contributed by atoms with Crippen LogP contribution in [0.5, 0.6) is 0 Å². The smallest absolute Gasteiger partial charge is 0.335 e. The Hall–Kier alpha value is -1.80. The lowest BCUT2D eigenvalue weighted by molar-refractivity contribution is -0.124. The Morgan fingerprint density at radius 1 is 1.32 bits per heavy atom. The zero-order chi connectivity index (χ0) is 23.0. The summed E-state index contributed by atoms with van der Waals surface area (Å²) in [6, 6.07) is 5.04. The molecule has 2 rings (SSSR count). The number of carbonyl (C=O) groups excluding carboxylic acids is 1. The summed E-state index contributed by atoms with van der Waals surface area (Å²) in [6.07, 6.45) is 5.57. The van der Waals surface area contributed by atoms with Crippen molar-refractivity contribution in [1.29, 1.82) is 0 Å². The van der Waals surface area contributed by atoms with E-state index in [1.807, 2.05) is 12.3 Å². The van der Waals surface area contributed by atoms with Crippen LogP contribution in [0, 0.1) is 11.8 Å². The third-order valence-electron chi connectivity index (χ3n) is 5.19. The van der Waals surface area contributed by atoms with E-state index in [0.29, 0.717) is 24.8 Å². The highest BCUT2D eigenvalue weighted by Crippen LogP contribution is 2.22. The second kappa shape index (κ2) is 12.3. The number of carboxylic acid groups (broad SMARTS) is 1. The Morgan fingerprint density at radius 2 is 2.06 bits per heavy atom. The number of benzene rings is 1. The Kier molecular flexibility index (Phi) is 10.1. The molecule has 6 nitrogen and oxygen atoms in total. The van der Waals surface area contributed by atoms with Crippen molar-refractivity contribution in [2.45, 2.75) is 59.5 Å². The lowest BCUT2D eigenvalue weighted by atomic mass is 9.98. The number of carbonyl (C=O) groups is 2. The molecule has 0 radical (unpaired) electrons. The minimum absolute atomic E-state index is 0.0125. The van der Waals surface area contributed by atoms with Gasteiger partial charge in [-0.25, -0.2) is 9.78 Å². The number of nitrogens with one attached hydrogen (secondary N) is 1. The average Bonchev–Trinajstić information content (AvgIpc) is 3.11. The van der Waals surface area contributed by atoms with Crippen LogP contribution in [0.15, 0.2) is 28.9 Å². The van der Waals surface area contributed by atoms with Gasteiger partial charge < -0.3 is 15.0 Å². The minimum atomic E-state index is -0.956. The van der Waals surface area contributed by atoms with Gasteiger partial charge in [-0.3, -0.25) is 4.79 Å². The maximum atomic E-state index is 12.6. The zero-order valence-electron chi connectivity index (χ0n) is 18.4. The van der Waals surface area contributed by atoms with Crippen molar-refractivity contribution < 1.29 is 14.7 Å². The standard InChI is InChI=1S/C23H32BrN3O3S/c1-4-5-6-21-25-11-19(12-26-22(28)18(14-31)9-15(2)3)27(21)13-17-8-7-16(23(29)30)10-20(17)24/h7-8,10-11,15,18,31H,4-6,9,12-14H2,1-3H3,(H,26,28)(H,29,30)/t18-/m0/s1. The molecular weight excluding hydrogens is 478 g/mol. The number of aryl methyl sites for hydroxylation is 1. The van der Waals surface area contributed by atoms with Gasteiger partial charge in [0.05, 0.1) is 30.5 Å². The van der Waals surface area contributed by atoms with Crippen LogP contribution in [0.4, 0.5) is 0 Å². The van der Waals surface area contributed by atoms with Gasteiger partial charge in [-0.2, -0.15) is 12.6 Å². The molecule has 0 aliphatic carbocycles. The van der Waals surface area contributed by atoms with E-state index in [9.17, 15) is 14.7 Å². The second-order valence-electron chi connectivity index (χ2n) is 8.19. The van der Waals surface area contributed by atoms with E-state index in [1.54, 1.807) is 12.1 Å². The van der Waals surface area contributed by atoms with Gasteiger partial charge in [-0.1, -0.05) is 49.2 Å². The summed E-state index contributed by atoms with van der Waals surface area (Å²) in [7, 11) is 0. The molecule has 0 aliphatic heterocycles. The highest BCUT2D eigenvalue weighted by molar-refractivity contribution is 9.10. The van der Waals surface area contributed by atoms with E-state index in [2.05, 4.69) is 64.2 Å². The summed E-state index contributed by atoms with van der Waals surface area (Å²) < 4.78 is 2.86. The highest BCUT2D eigenvalue weighted by atomic mass is 79.9. The van der Waals surface area contributed by atoms with Gasteiger partial charge in [0.25, 0.3) is 0 Å². The quantitative estimate of drug-likeness (QED) is 0.353. The largest absolute Gasteiger partial charge is 0.478 e. The summed E-state index contributed by atoms with van der Waals surface area (Å²) >= 11 is 7.85. The number of imidazole rings is 1. The number of halogens is 1. The maximum Gasteiger partial charge on any atom is 0.335 e. The average molecular weight is 510 g/mol. The van der Waals surface area contributed by atoms with Crippen molar-refractivity contribution in [1.82, 2.24) is 14.9 Å². The number of hydrogen-bond donors (Lipinski definition) is 3. The number of thiol groups is 1. The third kappa shape index (κ3) is 7.38. The molecule has 1 aromatic heterocycles. The SMILES string of the molecule is CCCCc1ncc(CNC(=O)[C@H](CS)CC(C)C)n1Cc1ccc(C(=O)O)cc1Br. The monoisotopic (exact) mass is 509 g/mol. The summed E-state index contributed by atoms with van der Waals surface area (Å²) in [6.45, 7) is 7.29. The van der Waals surface area contributed by atoms with Crippen molar-refractivity contribution >= 4 is 40.4 Å². The molecule has 2 N–H and O–H groups in total. The predicted octanol–water partition coefficient (Wildman–Crippen LogP) is 4.94. The van der Waals surface area contributed by atoms with Crippen molar-refractivity contribution in [3.8, 4) is 0 Å². The Morgan fingerprint density at radius 3 is 2.65 bits per heavy atom. The molecule has 0 saturated carbocycles. The Labute approximate surface area is 198 Å². The summed E-state index contributed by atoms with van der Waals surface area (Å²) in [5, 5.41) is 12.3. The van der Waals surface area contributed by atoms with Crippen molar-refractivity contribution in [3.63, 3.8) is 0 Å². The van der Waals surface area contributed by atoms with Crippen molar-refractivity contribution in [2.75, 3.05) is 5.75 Å². The number of rotatable bonds is 12. The maximum absolute atomic E-state index is 12.6. The molecule has 1 atom stereocenters. The number of aromatic nitrogens is 2. The topological polar surface area (TPSA) is 84.2 Å². The van der Waals surface area contributed by atoms with E-state index < -0.39 is 5.97 Å². The number of nitrogens with zero attached hydrogens (tertiary/aromatic N) is 2. The number of carboxylic acids is 1. The minimum Gasteiger partial charge on any atom is -0.478 e. The predicted molar refractivity (Wildman–Crippen MR) is 130 cm³/mol. The Bertz CT molecular complexity index is 898. The van der Waals surface area contributed by atoms with Crippen LogP contribution in [0.3, 0.4) is 0 Å². The van der Waals surface area contributed by atoms with Crippen LogP contribution in [-0.2, 0) is 24.3 Å². The van der Waals surface area contributed by atoms with Gasteiger partial charge in [0.2, 0.25) is 5.91 Å². The van der Waals surface area contributed by atoms with E-state index in [1.165, 1.54) is 0 Å². The van der Waals surface area contributed by atoms with Gasteiger partial charge in [0.1, 0.15) is 5.82 Å². The van der Waals surface area contributed by atoms with E-state index in [0.717, 1.165) is 47.2 Å². The summed E-state index contributed by atoms with van der Waals surface area (Å²) in [5.41, 5.74) is 2.13. The molecule has 2 aromatic rings. The fourth-order valence-corrected chi connectivity index (χ4v) is 4.28. The van der Waals surface area contributed by atoms with Crippen LogP contribution in [0.2, 0.25) is 0 Å². The van der Waals surface area contributed by atoms with Crippen LogP contribution in [0.1, 0.15) is 67.5 Å². The van der Waals surface area contributed by atoms with Crippen molar-refractivity contribution in [3.05, 3.63) is 51.5 Å². The highest BCUT2D eigenvalue weighted by Gasteiger charge is 2.19. The molecule has 8 heteroatoms. The van der Waals surface area contributed by atoms with Gasteiger partial charge in [0, 0.05) is 22.6 Å². The molecule has 0 bridgehead atoms. The summed E-state index contributed by atoms with van der Waals surface area (Å²) in [5.74, 6) is 0.861. The molecule has 1 amide bonds. The van der Waals surface area contributed by atoms with Gasteiger partial charge in [-0.05, 0) is 36.5 Å². The lowest BCUT2D eigenvalue weighted by Gasteiger charge is -2.18. The van der Waals surface area contributed by atoms with Crippen LogP contribution in [-0.4, -0.2) is 32.3 Å². The first-order valence-electron chi connectivity index (χ1n) is 10.7. The summed E-state index contributed by atoms with van der Waals surface area (Å²) in [4.78, 5) is 28.5. The fourth-order valence-electron chi connectivity index (χ4n) is 3.46. The molecule has 0 spiro atoms. The first kappa shape index (κ1) is 25.5. The van der Waals surface area contributed by atoms with E-state index >= 15 is 0 Å². The number of aromatic carboxylic acids is 1. The third-order valence-corrected chi connectivity index (χ3v) is 6.37. The fraction of sp³-hybridized carbons (Fsp3) is 0.522. The van der Waals surface area contributed by atoms with Gasteiger partial charge in [0.15, 0.2) is 0 Å². The van der Waals surface area contributed by atoms with Gasteiger partial charge >= 0.3 is 5.97 Å². The van der Waals surface area contributed by atoms with Crippen LogP contribution in [0.25, 0.3) is 0 Å². The first-order valence-corrected chi connectivity index (χ1v) is 12.1. The lowest BCUT2D eigenvalue weighted by Crippen LogP contribution is -2.33. The molecular formula is C23H32BrN3O3S. The molecule has 0 fully saturated rings. The molecule has 1 heterocycles. The van der Waals surface area contributed by atoms with E-state index in [-0.39, 0.29) is 17.4 Å². The zero-order valence-corrected chi connectivity index (χ0v) is 20.9. The molecule has 1 aromatic carbocycles. The van der Waals surface area contributed by atoms with Gasteiger partial charge in [-0.15, -0.1) is 0 Å². The molecule has 0 aliphatic rings. The molecule has 0 saturated heterocycles. The van der Waals surface area contributed by atoms with Crippen LogP contribution < -0.4 is 5.32 Å². The van der Waals surface area contributed by atoms with Crippen LogP contribution >= 0.6 is 28.6 Å². The second-order valence-corrected chi connectivity index (χ2v) is 9.41. The normalized spacial score (nSPS) is 12.2. The first-order chi connectivity index (χ1) is 14.8. The molecule has 31 heavy (non-hydrogen) atoms. The molecule has 170 valence electrons.